The quantitative estimate of drug-likeness (QED) is 0.715. The second-order valence-corrected chi connectivity index (χ2v) is 10.2. The molecule has 2 nitrogen and oxygen atoms in total. The maximum atomic E-state index is 12.0. The Morgan fingerprint density at radius 1 is 1.11 bits per heavy atom. The molecule has 4 aliphatic carbocycles. The summed E-state index contributed by atoms with van der Waals surface area (Å²) in [6.45, 7) is 5.97. The number of nitrogens with zero attached hydrogens (tertiary/aromatic N) is 1. The predicted octanol–water partition coefficient (Wildman–Crippen LogP) is 4.13. The first kappa shape index (κ1) is 13.8. The maximum absolute atomic E-state index is 12.0. The summed E-state index contributed by atoms with van der Waals surface area (Å²) in [7, 11) is -1.08. The van der Waals surface area contributed by atoms with Gasteiger partial charge in [-0.3, -0.25) is 0 Å². The van der Waals surface area contributed by atoms with Gasteiger partial charge in [-0.25, -0.2) is 4.21 Å². The molecule has 0 amide bonds. The third kappa shape index (κ3) is 2.81. The van der Waals surface area contributed by atoms with Crippen molar-refractivity contribution in [2.24, 2.45) is 27.6 Å². The number of rotatable bonds is 3. The van der Waals surface area contributed by atoms with Gasteiger partial charge in [0.15, 0.2) is 0 Å². The van der Waals surface area contributed by atoms with Crippen molar-refractivity contribution in [3.8, 4) is 0 Å². The van der Waals surface area contributed by atoms with Crippen LogP contribution in [0.3, 0.4) is 0 Å². The Balaban J connectivity index is 1.64. The standard InChI is InChI=1S/C16H27NOS/c1-15(2,3)19(18)17-5-4-16-9-12-6-13(10-16)8-14(7-12)11-16/h5,12-14H,4,6-11H2,1-3H3/t12?,13?,14?,16?,19-/m0/s1. The van der Waals surface area contributed by atoms with E-state index in [2.05, 4.69) is 4.40 Å². The number of hydrogen-bond acceptors (Lipinski definition) is 1. The molecule has 4 rings (SSSR count). The Kier molecular flexibility index (Phi) is 3.40. The number of hydrogen-bond donors (Lipinski definition) is 0. The van der Waals surface area contributed by atoms with Gasteiger partial charge in [0.05, 0.1) is 4.75 Å². The molecule has 0 saturated heterocycles. The monoisotopic (exact) mass is 281 g/mol. The van der Waals surface area contributed by atoms with E-state index in [4.69, 9.17) is 0 Å². The van der Waals surface area contributed by atoms with Crippen molar-refractivity contribution in [1.29, 1.82) is 0 Å². The van der Waals surface area contributed by atoms with Gasteiger partial charge in [-0.15, -0.1) is 0 Å². The first-order chi connectivity index (χ1) is 8.86. The Morgan fingerprint density at radius 2 is 1.58 bits per heavy atom. The fourth-order valence-electron chi connectivity index (χ4n) is 5.00. The lowest BCUT2D eigenvalue weighted by atomic mass is 9.49. The molecule has 3 heteroatoms. The van der Waals surface area contributed by atoms with E-state index in [9.17, 15) is 4.21 Å². The molecular formula is C16H27NOS. The van der Waals surface area contributed by atoms with Gasteiger partial charge in [0.1, 0.15) is 11.0 Å². The molecule has 108 valence electrons. The molecule has 0 aromatic rings. The van der Waals surface area contributed by atoms with E-state index in [-0.39, 0.29) is 4.75 Å². The third-order valence-electron chi connectivity index (χ3n) is 5.38. The Bertz CT molecular complexity index is 372. The van der Waals surface area contributed by atoms with Crippen molar-refractivity contribution in [3.63, 3.8) is 0 Å². The Morgan fingerprint density at radius 3 is 2.00 bits per heavy atom. The molecule has 0 aromatic carbocycles. The molecule has 4 bridgehead atoms. The summed E-state index contributed by atoms with van der Waals surface area (Å²) in [4.78, 5) is 0. The first-order valence-electron chi connectivity index (χ1n) is 7.81. The second-order valence-electron chi connectivity index (χ2n) is 8.27. The van der Waals surface area contributed by atoms with Crippen molar-refractivity contribution < 1.29 is 4.21 Å². The van der Waals surface area contributed by atoms with E-state index < -0.39 is 11.0 Å². The van der Waals surface area contributed by atoms with Crippen LogP contribution in [-0.4, -0.2) is 15.2 Å². The summed E-state index contributed by atoms with van der Waals surface area (Å²) in [6, 6.07) is 0. The molecule has 4 saturated carbocycles. The summed E-state index contributed by atoms with van der Waals surface area (Å²) in [5.74, 6) is 2.98. The molecule has 4 fully saturated rings. The van der Waals surface area contributed by atoms with Crippen LogP contribution < -0.4 is 0 Å². The highest BCUT2D eigenvalue weighted by Crippen LogP contribution is 2.61. The van der Waals surface area contributed by atoms with Gasteiger partial charge in [0.2, 0.25) is 0 Å². The van der Waals surface area contributed by atoms with Gasteiger partial charge in [-0.05, 0) is 88.9 Å². The van der Waals surface area contributed by atoms with Crippen LogP contribution >= 0.6 is 0 Å². The molecule has 0 aliphatic heterocycles. The highest BCUT2D eigenvalue weighted by molar-refractivity contribution is 7.85. The van der Waals surface area contributed by atoms with E-state index in [1.165, 1.54) is 38.5 Å². The van der Waals surface area contributed by atoms with E-state index in [0.29, 0.717) is 5.41 Å². The maximum Gasteiger partial charge on any atom is 0.144 e. The molecular weight excluding hydrogens is 254 g/mol. The topological polar surface area (TPSA) is 29.4 Å². The highest BCUT2D eigenvalue weighted by Gasteiger charge is 2.50. The van der Waals surface area contributed by atoms with Crippen LogP contribution in [0.5, 0.6) is 0 Å². The van der Waals surface area contributed by atoms with Crippen molar-refractivity contribution in [1.82, 2.24) is 0 Å². The van der Waals surface area contributed by atoms with E-state index in [1.807, 2.05) is 27.0 Å². The van der Waals surface area contributed by atoms with Crippen molar-refractivity contribution in [2.75, 3.05) is 0 Å². The van der Waals surface area contributed by atoms with Crippen LogP contribution in [0, 0.1) is 23.2 Å². The minimum atomic E-state index is -1.08. The van der Waals surface area contributed by atoms with Crippen LogP contribution in [0.4, 0.5) is 0 Å². The van der Waals surface area contributed by atoms with Gasteiger partial charge < -0.3 is 0 Å². The largest absolute Gasteiger partial charge is 0.234 e. The molecule has 1 atom stereocenters. The summed E-state index contributed by atoms with van der Waals surface area (Å²) >= 11 is 0. The summed E-state index contributed by atoms with van der Waals surface area (Å²) < 4.78 is 16.1. The van der Waals surface area contributed by atoms with E-state index in [1.54, 1.807) is 0 Å². The zero-order valence-electron chi connectivity index (χ0n) is 12.5. The molecule has 0 spiro atoms. The SMILES string of the molecule is CC(C)(C)[S@](=O)N=CCC12CC3CC(CC(C3)C1)C2. The Labute approximate surface area is 120 Å². The van der Waals surface area contributed by atoms with E-state index >= 15 is 0 Å². The molecule has 0 aromatic heterocycles. The smallest absolute Gasteiger partial charge is 0.144 e. The predicted molar refractivity (Wildman–Crippen MR) is 81.6 cm³/mol. The van der Waals surface area contributed by atoms with Gasteiger partial charge in [0.25, 0.3) is 0 Å². The van der Waals surface area contributed by atoms with Crippen LogP contribution in [0.25, 0.3) is 0 Å². The van der Waals surface area contributed by atoms with Gasteiger partial charge in [-0.1, -0.05) is 0 Å². The zero-order chi connectivity index (χ0) is 13.7. The molecule has 0 N–H and O–H groups in total. The fourth-order valence-corrected chi connectivity index (χ4v) is 5.52. The van der Waals surface area contributed by atoms with Crippen LogP contribution in [0.1, 0.15) is 65.7 Å². The minimum Gasteiger partial charge on any atom is -0.234 e. The normalized spacial score (nSPS) is 43.0. The second kappa shape index (κ2) is 4.68. The molecule has 4 aliphatic rings. The van der Waals surface area contributed by atoms with E-state index in [0.717, 1.165) is 24.2 Å². The van der Waals surface area contributed by atoms with Gasteiger partial charge in [0, 0.05) is 6.21 Å². The average molecular weight is 281 g/mol. The third-order valence-corrected chi connectivity index (χ3v) is 6.77. The fraction of sp³-hybridized carbons (Fsp3) is 0.938. The lowest BCUT2D eigenvalue weighted by Crippen LogP contribution is -2.46. The first-order valence-corrected chi connectivity index (χ1v) is 8.91. The van der Waals surface area contributed by atoms with Gasteiger partial charge in [-0.2, -0.15) is 4.40 Å². The molecule has 0 unspecified atom stereocenters. The van der Waals surface area contributed by atoms with Crippen molar-refractivity contribution in [3.05, 3.63) is 0 Å². The summed E-state index contributed by atoms with van der Waals surface area (Å²) in [5, 5.41) is 0. The highest BCUT2D eigenvalue weighted by atomic mass is 32.2. The van der Waals surface area contributed by atoms with Crippen LogP contribution in [0.2, 0.25) is 0 Å². The lowest BCUT2D eigenvalue weighted by Gasteiger charge is -2.56. The summed E-state index contributed by atoms with van der Waals surface area (Å²) in [6.07, 6.45) is 11.8. The van der Waals surface area contributed by atoms with Crippen LogP contribution in [-0.2, 0) is 11.0 Å². The minimum absolute atomic E-state index is 0.224. The molecule has 0 heterocycles. The molecule has 19 heavy (non-hydrogen) atoms. The Hall–Kier alpha value is -0.180. The van der Waals surface area contributed by atoms with Crippen LogP contribution in [0.15, 0.2) is 4.40 Å². The summed E-state index contributed by atoms with van der Waals surface area (Å²) in [5.41, 5.74) is 0.528. The lowest BCUT2D eigenvalue weighted by molar-refractivity contribution is -0.0475. The average Bonchev–Trinajstić information content (AvgIpc) is 2.25. The van der Waals surface area contributed by atoms with Gasteiger partial charge >= 0.3 is 0 Å². The van der Waals surface area contributed by atoms with Crippen molar-refractivity contribution in [2.45, 2.75) is 70.5 Å². The zero-order valence-corrected chi connectivity index (χ0v) is 13.3. The van der Waals surface area contributed by atoms with Crippen molar-refractivity contribution >= 4 is 17.2 Å². The molecule has 0 radical (unpaired) electrons.